The number of hydrogen-bond donors (Lipinski definition) is 1. The molecule has 0 amide bonds. The number of likely N-dealkylation sites (N-methyl/N-ethyl adjacent to an activating group) is 1. The lowest BCUT2D eigenvalue weighted by atomic mass is 10.1. The van der Waals surface area contributed by atoms with E-state index in [9.17, 15) is 4.79 Å². The summed E-state index contributed by atoms with van der Waals surface area (Å²) in [4.78, 5) is 11.5. The van der Waals surface area contributed by atoms with Crippen LogP contribution in [0.2, 0.25) is 5.02 Å². The average molecular weight is 263 g/mol. The maximum atomic E-state index is 11.5. The van der Waals surface area contributed by atoms with E-state index < -0.39 is 0 Å². The van der Waals surface area contributed by atoms with E-state index in [2.05, 4.69) is 21.2 Å². The van der Waals surface area contributed by atoms with Crippen LogP contribution in [-0.4, -0.2) is 19.4 Å². The van der Waals surface area contributed by atoms with Crippen molar-refractivity contribution >= 4 is 33.3 Å². The smallest absolute Gasteiger partial charge is 0.179 e. The Morgan fingerprint density at radius 3 is 2.85 bits per heavy atom. The van der Waals surface area contributed by atoms with Crippen LogP contribution >= 0.6 is 27.5 Å². The van der Waals surface area contributed by atoms with Gasteiger partial charge in [0.25, 0.3) is 0 Å². The summed E-state index contributed by atoms with van der Waals surface area (Å²) in [5.41, 5.74) is 0.540. The molecular formula is C9H9BrClNO. The van der Waals surface area contributed by atoms with Gasteiger partial charge in [0.15, 0.2) is 5.78 Å². The Labute approximate surface area is 90.4 Å². The van der Waals surface area contributed by atoms with Crippen molar-refractivity contribution in [3.8, 4) is 0 Å². The molecule has 1 aromatic carbocycles. The van der Waals surface area contributed by atoms with E-state index in [1.165, 1.54) is 0 Å². The number of rotatable bonds is 3. The van der Waals surface area contributed by atoms with E-state index in [-0.39, 0.29) is 5.78 Å². The van der Waals surface area contributed by atoms with Gasteiger partial charge in [-0.1, -0.05) is 17.7 Å². The molecule has 0 saturated heterocycles. The Bertz CT molecular complexity index is 307. The third-order valence-electron chi connectivity index (χ3n) is 1.58. The highest BCUT2D eigenvalue weighted by Gasteiger charge is 2.12. The average Bonchev–Trinajstić information content (AvgIpc) is 2.04. The number of nitrogens with one attached hydrogen (secondary N) is 1. The monoisotopic (exact) mass is 261 g/mol. The van der Waals surface area contributed by atoms with E-state index in [1.54, 1.807) is 25.2 Å². The number of benzene rings is 1. The quantitative estimate of drug-likeness (QED) is 0.848. The maximum absolute atomic E-state index is 11.5. The molecule has 2 nitrogen and oxygen atoms in total. The number of carbonyl (C=O) groups excluding carboxylic acids is 1. The largest absolute Gasteiger partial charge is 0.313 e. The summed E-state index contributed by atoms with van der Waals surface area (Å²) in [5.74, 6) is -0.0139. The minimum absolute atomic E-state index is 0.0139. The van der Waals surface area contributed by atoms with Crippen LogP contribution in [-0.2, 0) is 0 Å². The Kier molecular flexibility index (Phi) is 3.90. The summed E-state index contributed by atoms with van der Waals surface area (Å²) >= 11 is 9.17. The lowest BCUT2D eigenvalue weighted by molar-refractivity contribution is 0.0993. The Balaban J connectivity index is 3.05. The fourth-order valence-corrected chi connectivity index (χ4v) is 1.99. The van der Waals surface area contributed by atoms with Gasteiger partial charge in [0.1, 0.15) is 0 Å². The molecular weight excluding hydrogens is 253 g/mol. The van der Waals surface area contributed by atoms with Gasteiger partial charge in [-0.2, -0.15) is 0 Å². The highest BCUT2D eigenvalue weighted by atomic mass is 79.9. The zero-order valence-corrected chi connectivity index (χ0v) is 9.45. The summed E-state index contributed by atoms with van der Waals surface area (Å²) in [6, 6.07) is 5.30. The van der Waals surface area contributed by atoms with Crippen LogP contribution in [0.5, 0.6) is 0 Å². The third kappa shape index (κ3) is 2.53. The van der Waals surface area contributed by atoms with E-state index in [1.807, 2.05) is 0 Å². The molecule has 0 spiro atoms. The summed E-state index contributed by atoms with van der Waals surface area (Å²) in [6.45, 7) is 0.294. The summed E-state index contributed by atoms with van der Waals surface area (Å²) in [7, 11) is 1.72. The molecule has 0 aliphatic heterocycles. The second-order valence-electron chi connectivity index (χ2n) is 2.55. The van der Waals surface area contributed by atoms with Gasteiger partial charge in [-0.05, 0) is 35.1 Å². The summed E-state index contributed by atoms with van der Waals surface area (Å²) < 4.78 is 0.736. The molecule has 0 bridgehead atoms. The number of ketones is 1. The standard InChI is InChI=1S/C9H9BrClNO/c1-12-5-8(13)9-6(10)3-2-4-7(9)11/h2-4,12H,5H2,1H3. The SMILES string of the molecule is CNCC(=O)c1c(Cl)cccc1Br. The topological polar surface area (TPSA) is 29.1 Å². The van der Waals surface area contributed by atoms with Gasteiger partial charge in [0, 0.05) is 4.47 Å². The van der Waals surface area contributed by atoms with Gasteiger partial charge in [0.2, 0.25) is 0 Å². The van der Waals surface area contributed by atoms with E-state index in [4.69, 9.17) is 11.6 Å². The Morgan fingerprint density at radius 2 is 2.31 bits per heavy atom. The molecule has 0 unspecified atom stereocenters. The first-order valence-corrected chi connectivity index (χ1v) is 4.95. The lowest BCUT2D eigenvalue weighted by Gasteiger charge is -2.04. The minimum atomic E-state index is -0.0139. The molecule has 0 aliphatic carbocycles. The highest BCUT2D eigenvalue weighted by molar-refractivity contribution is 9.10. The van der Waals surface area contributed by atoms with Crippen LogP contribution in [0.4, 0.5) is 0 Å². The first-order valence-electron chi connectivity index (χ1n) is 3.78. The molecule has 0 fully saturated rings. The van der Waals surface area contributed by atoms with Crippen LogP contribution in [0, 0.1) is 0 Å². The van der Waals surface area contributed by atoms with Crippen LogP contribution < -0.4 is 5.32 Å². The molecule has 0 heterocycles. The predicted molar refractivity (Wildman–Crippen MR) is 57.4 cm³/mol. The van der Waals surface area contributed by atoms with Crippen molar-refractivity contribution in [3.05, 3.63) is 33.3 Å². The van der Waals surface area contributed by atoms with Crippen LogP contribution in [0.25, 0.3) is 0 Å². The number of carbonyl (C=O) groups is 1. The lowest BCUT2D eigenvalue weighted by Crippen LogP contribution is -2.19. The van der Waals surface area contributed by atoms with E-state index >= 15 is 0 Å². The minimum Gasteiger partial charge on any atom is -0.313 e. The van der Waals surface area contributed by atoms with Crippen molar-refractivity contribution < 1.29 is 4.79 Å². The van der Waals surface area contributed by atoms with Crippen LogP contribution in [0.3, 0.4) is 0 Å². The molecule has 1 rings (SSSR count). The second kappa shape index (κ2) is 4.74. The molecule has 0 aromatic heterocycles. The van der Waals surface area contributed by atoms with E-state index in [0.29, 0.717) is 17.1 Å². The molecule has 0 radical (unpaired) electrons. The fourth-order valence-electron chi connectivity index (χ4n) is 1.01. The van der Waals surface area contributed by atoms with Gasteiger partial charge >= 0.3 is 0 Å². The normalized spacial score (nSPS) is 10.1. The highest BCUT2D eigenvalue weighted by Crippen LogP contribution is 2.24. The van der Waals surface area contributed by atoms with Gasteiger partial charge in [-0.25, -0.2) is 0 Å². The van der Waals surface area contributed by atoms with Crippen molar-refractivity contribution in [2.75, 3.05) is 13.6 Å². The van der Waals surface area contributed by atoms with Gasteiger partial charge in [-0.15, -0.1) is 0 Å². The van der Waals surface area contributed by atoms with Gasteiger partial charge in [-0.3, -0.25) is 4.79 Å². The first-order chi connectivity index (χ1) is 6.16. The van der Waals surface area contributed by atoms with Crippen LogP contribution in [0.1, 0.15) is 10.4 Å². The molecule has 1 aromatic rings. The van der Waals surface area contributed by atoms with Crippen molar-refractivity contribution in [1.29, 1.82) is 0 Å². The molecule has 0 saturated carbocycles. The van der Waals surface area contributed by atoms with Crippen molar-refractivity contribution in [1.82, 2.24) is 5.32 Å². The van der Waals surface area contributed by atoms with Crippen molar-refractivity contribution in [2.45, 2.75) is 0 Å². The summed E-state index contributed by atoms with van der Waals surface area (Å²) in [5, 5.41) is 3.27. The Morgan fingerprint density at radius 1 is 1.62 bits per heavy atom. The zero-order valence-electron chi connectivity index (χ0n) is 7.10. The fraction of sp³-hybridized carbons (Fsp3) is 0.222. The van der Waals surface area contributed by atoms with Crippen molar-refractivity contribution in [3.63, 3.8) is 0 Å². The summed E-state index contributed by atoms with van der Waals surface area (Å²) in [6.07, 6.45) is 0. The Hall–Kier alpha value is -0.380. The molecule has 0 atom stereocenters. The molecule has 1 N–H and O–H groups in total. The number of halogens is 2. The predicted octanol–water partition coefficient (Wildman–Crippen LogP) is 2.50. The number of Topliss-reactive ketones (excluding diaryl/α,β-unsaturated/α-hetero) is 1. The maximum Gasteiger partial charge on any atom is 0.179 e. The first kappa shape index (κ1) is 10.7. The second-order valence-corrected chi connectivity index (χ2v) is 3.81. The van der Waals surface area contributed by atoms with E-state index in [0.717, 1.165) is 4.47 Å². The zero-order chi connectivity index (χ0) is 9.84. The van der Waals surface area contributed by atoms with Gasteiger partial charge in [0.05, 0.1) is 17.1 Å². The molecule has 0 aliphatic rings. The number of hydrogen-bond acceptors (Lipinski definition) is 2. The molecule has 13 heavy (non-hydrogen) atoms. The van der Waals surface area contributed by atoms with Gasteiger partial charge < -0.3 is 5.32 Å². The molecule has 4 heteroatoms. The van der Waals surface area contributed by atoms with Crippen molar-refractivity contribution in [2.24, 2.45) is 0 Å². The molecule has 70 valence electrons. The van der Waals surface area contributed by atoms with Crippen LogP contribution in [0.15, 0.2) is 22.7 Å². The third-order valence-corrected chi connectivity index (χ3v) is 2.55.